The Balaban J connectivity index is 0.000000196. The molecule has 10 atom stereocenters. The molecular weight excluding hydrogens is 1130 g/mol. The van der Waals surface area contributed by atoms with Gasteiger partial charge < -0.3 is 73.8 Å². The molecule has 0 radical (unpaired) electrons. The van der Waals surface area contributed by atoms with Gasteiger partial charge in [0.15, 0.2) is 59.6 Å². The average Bonchev–Trinajstić information content (AvgIpc) is 2.25. The number of hydrogen-bond acceptors (Lipinski definition) is 21. The first-order valence-electron chi connectivity index (χ1n) is 27.6. The van der Waals surface area contributed by atoms with Gasteiger partial charge in [-0.15, -0.1) is 0 Å². The molecule has 0 spiro atoms. The van der Waals surface area contributed by atoms with Crippen LogP contribution in [-0.4, -0.2) is 151 Å². The molecule has 6 saturated heterocycles. The number of benzene rings is 2. The molecule has 2 unspecified atom stereocenters. The van der Waals surface area contributed by atoms with E-state index in [-0.39, 0.29) is 76.3 Å². The molecule has 440 valence electrons. The van der Waals surface area contributed by atoms with E-state index >= 15 is 0 Å². The van der Waals surface area contributed by atoms with Crippen molar-refractivity contribution in [2.45, 2.75) is 166 Å². The van der Waals surface area contributed by atoms with Gasteiger partial charge in [0.2, 0.25) is 0 Å². The summed E-state index contributed by atoms with van der Waals surface area (Å²) in [6, 6.07) is 15.3. The van der Waals surface area contributed by atoms with Crippen molar-refractivity contribution in [1.82, 2.24) is 39.5 Å². The summed E-state index contributed by atoms with van der Waals surface area (Å²) >= 11 is 12.8. The topological polar surface area (TPSA) is 250 Å². The molecule has 6 aliphatic rings. The summed E-state index contributed by atoms with van der Waals surface area (Å²) in [6.07, 6.45) is 4.84. The van der Waals surface area contributed by atoms with E-state index in [1.165, 1.54) is 0 Å². The average molecular weight is 1210 g/mol. The molecule has 10 heterocycles. The quantitative estimate of drug-likeness (QED) is 0.0639. The van der Waals surface area contributed by atoms with Gasteiger partial charge in [0, 0.05) is 36.3 Å². The molecule has 2 aromatic carbocycles. The molecule has 12 rings (SSSR count). The second-order valence-electron chi connectivity index (χ2n) is 22.3. The SMILES string of the molecule is CC1(C)O[C@@H]2[C@H](O1)[C@@H](CO)O[C@H]2n1ncc2c(NCc3ccccc3Cl)nc(COC3CCCCO3)nc21.CC1(C)O[C@@H]2[C@H](O1)[C@@H](COCP(C)(C)=O)O[C@H]2n1ncc2c(NCc3ccccc3Cl)nc(COC3CCCCO3)nc21.[H-].[Na+]. The fraction of sp³-hybridized carbons (Fsp3) is 0.600. The van der Waals surface area contributed by atoms with Crippen LogP contribution < -0.4 is 40.2 Å². The second kappa shape index (κ2) is 26.6. The molecule has 0 bridgehead atoms. The first kappa shape index (κ1) is 61.6. The predicted molar refractivity (Wildman–Crippen MR) is 299 cm³/mol. The maximum Gasteiger partial charge on any atom is 1.00 e. The first-order valence-corrected chi connectivity index (χ1v) is 31.2. The van der Waals surface area contributed by atoms with E-state index in [2.05, 4.69) is 15.7 Å². The minimum Gasteiger partial charge on any atom is -1.00 e. The smallest absolute Gasteiger partial charge is 1.00 e. The van der Waals surface area contributed by atoms with Crippen LogP contribution >= 0.6 is 30.3 Å². The van der Waals surface area contributed by atoms with E-state index in [0.717, 1.165) is 49.7 Å². The van der Waals surface area contributed by atoms with E-state index in [1.807, 2.05) is 76.2 Å². The Labute approximate surface area is 509 Å². The number of aliphatic hydroxyl groups excluding tert-OH is 1. The van der Waals surface area contributed by atoms with Crippen LogP contribution in [0.4, 0.5) is 11.6 Å². The van der Waals surface area contributed by atoms with Gasteiger partial charge in [0.1, 0.15) is 68.6 Å². The van der Waals surface area contributed by atoms with Crippen LogP contribution in [0.15, 0.2) is 60.9 Å². The summed E-state index contributed by atoms with van der Waals surface area (Å²) in [4.78, 5) is 19.2. The third-order valence-electron chi connectivity index (χ3n) is 14.5. The maximum atomic E-state index is 12.2. The molecule has 4 aromatic heterocycles. The zero-order valence-corrected chi connectivity index (χ0v) is 51.7. The van der Waals surface area contributed by atoms with Crippen molar-refractivity contribution in [3.63, 3.8) is 0 Å². The molecule has 3 N–H and O–H groups in total. The number of nitrogens with one attached hydrogen (secondary N) is 2. The summed E-state index contributed by atoms with van der Waals surface area (Å²) < 4.78 is 82.2. The van der Waals surface area contributed by atoms with Crippen molar-refractivity contribution in [2.75, 3.05) is 56.7 Å². The Morgan fingerprint density at radius 2 is 1.12 bits per heavy atom. The maximum absolute atomic E-state index is 12.2. The van der Waals surface area contributed by atoms with E-state index in [4.69, 9.17) is 100 Å². The summed E-state index contributed by atoms with van der Waals surface area (Å²) in [5.74, 6) is 0.528. The van der Waals surface area contributed by atoms with Crippen molar-refractivity contribution in [2.24, 2.45) is 0 Å². The van der Waals surface area contributed by atoms with Crippen molar-refractivity contribution in [3.8, 4) is 0 Å². The van der Waals surface area contributed by atoms with Crippen LogP contribution in [0.3, 0.4) is 0 Å². The number of nitrogens with zero attached hydrogens (tertiary/aromatic N) is 8. The summed E-state index contributed by atoms with van der Waals surface area (Å²) in [6.45, 7) is 13.5. The Kier molecular flexibility index (Phi) is 20.0. The van der Waals surface area contributed by atoms with Crippen molar-refractivity contribution < 1.29 is 92.8 Å². The van der Waals surface area contributed by atoms with Crippen molar-refractivity contribution >= 4 is 64.0 Å². The Morgan fingerprint density at radius 3 is 1.56 bits per heavy atom. The van der Waals surface area contributed by atoms with Crippen molar-refractivity contribution in [3.05, 3.63) is 93.7 Å². The number of hydrogen-bond donors (Lipinski definition) is 3. The number of anilines is 2. The molecule has 82 heavy (non-hydrogen) atoms. The van der Waals surface area contributed by atoms with Gasteiger partial charge in [-0.3, -0.25) is 0 Å². The van der Waals surface area contributed by atoms with Gasteiger partial charge in [-0.1, -0.05) is 59.6 Å². The van der Waals surface area contributed by atoms with Crippen LogP contribution in [0.25, 0.3) is 22.1 Å². The Morgan fingerprint density at radius 1 is 0.671 bits per heavy atom. The molecular formula is C55H72Cl2N10NaO13P. The fourth-order valence-corrected chi connectivity index (χ4v) is 11.7. The molecule has 6 aromatic rings. The number of aromatic nitrogens is 8. The van der Waals surface area contributed by atoms with Crippen LogP contribution in [0, 0.1) is 0 Å². The van der Waals surface area contributed by atoms with Gasteiger partial charge in [-0.25, -0.2) is 29.3 Å². The van der Waals surface area contributed by atoms with E-state index < -0.39 is 67.8 Å². The van der Waals surface area contributed by atoms with Gasteiger partial charge in [-0.05, 0) is 103 Å². The number of rotatable bonds is 19. The standard InChI is InChI=1S/C29H39ClN5O7P.C26H32ClN5O6.Na.H/c1-29(2)41-24-21(15-37-17-43(3,4)36)40-28(25(24)42-29)35-27-19(14-32-35)26(31-13-18-9-5-6-10-20(18)30)33-22(34-27)16-39-23-11-7-8-12-38-23;1-26(2)37-21-18(13-33)36-25(22(21)38-26)32-24-16(12-29-32)23(28-11-15-7-3-4-8-17(15)27)30-19(31-24)14-35-20-9-5-6-10-34-20;;/h5-6,9-10,14,21,23-25,28H,7-8,11-13,15-17H2,1-4H3,(H,31,33,34);3-4,7-8,12,18,20-22,25,33H,5-6,9-11,13-14H2,1-2H3,(H,28,30,31);;/q;;+1;-1/t21-,23?,24-,25-,28-;18-,20?,21-,22-,25-;;/m11../s1. The van der Waals surface area contributed by atoms with Gasteiger partial charge in [-0.2, -0.15) is 10.2 Å². The Hall–Kier alpha value is -3.53. The zero-order valence-electron chi connectivity index (χ0n) is 48.3. The second-order valence-corrected chi connectivity index (χ2v) is 26.5. The molecule has 27 heteroatoms. The van der Waals surface area contributed by atoms with Crippen LogP contribution in [-0.2, 0) is 83.0 Å². The number of fused-ring (bicyclic) bond motifs is 4. The molecule has 0 saturated carbocycles. The van der Waals surface area contributed by atoms with Crippen molar-refractivity contribution in [1.29, 1.82) is 0 Å². The minimum atomic E-state index is -2.35. The summed E-state index contributed by atoms with van der Waals surface area (Å²) in [5, 5.41) is 28.8. The van der Waals surface area contributed by atoms with Gasteiger partial charge in [0.05, 0.1) is 42.7 Å². The zero-order chi connectivity index (χ0) is 56.5. The fourth-order valence-electron chi connectivity index (χ4n) is 10.8. The Bertz CT molecular complexity index is 3190. The third-order valence-corrected chi connectivity index (χ3v) is 16.0. The molecule has 23 nitrogen and oxygen atoms in total. The predicted octanol–water partition coefficient (Wildman–Crippen LogP) is 5.81. The monoisotopic (exact) mass is 1200 g/mol. The molecule has 6 aliphatic heterocycles. The van der Waals surface area contributed by atoms with Gasteiger partial charge in [0.25, 0.3) is 0 Å². The summed E-state index contributed by atoms with van der Waals surface area (Å²) in [7, 11) is -2.35. The first-order chi connectivity index (χ1) is 39.0. The van der Waals surface area contributed by atoms with Crippen LogP contribution in [0.5, 0.6) is 0 Å². The van der Waals surface area contributed by atoms with Gasteiger partial charge >= 0.3 is 29.6 Å². The molecule has 0 aliphatic carbocycles. The number of aliphatic hydroxyl groups is 1. The minimum absolute atomic E-state index is 0. The van der Waals surface area contributed by atoms with E-state index in [1.54, 1.807) is 35.1 Å². The van der Waals surface area contributed by atoms with Crippen LogP contribution in [0.1, 0.15) is 103 Å². The third kappa shape index (κ3) is 14.5. The molecule has 0 amide bonds. The van der Waals surface area contributed by atoms with Crippen LogP contribution in [0.2, 0.25) is 10.0 Å². The molecule has 6 fully saturated rings. The largest absolute Gasteiger partial charge is 1.00 e. The number of ether oxygens (including phenoxy) is 11. The van der Waals surface area contributed by atoms with E-state index in [0.29, 0.717) is 81.7 Å². The summed E-state index contributed by atoms with van der Waals surface area (Å²) in [5.41, 5.74) is 2.99. The normalized spacial score (nSPS) is 27.4. The number of halogens is 2. The van der Waals surface area contributed by atoms with E-state index in [9.17, 15) is 9.67 Å².